The number of carbonyl (C=O) groups is 3. The van der Waals surface area contributed by atoms with Gasteiger partial charge in [-0.05, 0) is 36.4 Å². The topological polar surface area (TPSA) is 109 Å². The number of methoxy groups -OCH3 is 1. The fourth-order valence-electron chi connectivity index (χ4n) is 2.67. The first-order chi connectivity index (χ1) is 15.1. The SMILES string of the molecule is COc1ccccc1/C=N\NC(=O)C(=O)Nc1ccccc1C(=O)Nc1ccccc1. The molecule has 8 nitrogen and oxygen atoms in total. The van der Waals surface area contributed by atoms with E-state index in [2.05, 4.69) is 21.2 Å². The van der Waals surface area contributed by atoms with E-state index < -0.39 is 17.7 Å². The van der Waals surface area contributed by atoms with Gasteiger partial charge < -0.3 is 15.4 Å². The minimum absolute atomic E-state index is 0.199. The molecule has 31 heavy (non-hydrogen) atoms. The number of carbonyl (C=O) groups excluding carboxylic acids is 3. The highest BCUT2D eigenvalue weighted by Crippen LogP contribution is 2.17. The van der Waals surface area contributed by atoms with E-state index in [9.17, 15) is 14.4 Å². The van der Waals surface area contributed by atoms with Gasteiger partial charge in [0.15, 0.2) is 0 Å². The number of para-hydroxylation sites is 3. The van der Waals surface area contributed by atoms with Crippen LogP contribution in [0.4, 0.5) is 11.4 Å². The van der Waals surface area contributed by atoms with E-state index >= 15 is 0 Å². The highest BCUT2D eigenvalue weighted by molar-refractivity contribution is 6.40. The minimum Gasteiger partial charge on any atom is -0.496 e. The summed E-state index contributed by atoms with van der Waals surface area (Å²) in [4.78, 5) is 36.9. The summed E-state index contributed by atoms with van der Waals surface area (Å²) >= 11 is 0. The molecule has 0 aromatic heterocycles. The Labute approximate surface area is 178 Å². The third-order valence-corrected chi connectivity index (χ3v) is 4.17. The number of hydrogen-bond acceptors (Lipinski definition) is 5. The molecule has 0 saturated carbocycles. The predicted molar refractivity (Wildman–Crippen MR) is 118 cm³/mol. The molecule has 0 fully saturated rings. The number of rotatable bonds is 6. The first kappa shape index (κ1) is 21.3. The van der Waals surface area contributed by atoms with Crippen molar-refractivity contribution in [3.8, 4) is 5.75 Å². The Morgan fingerprint density at radius 3 is 2.26 bits per heavy atom. The molecule has 0 spiro atoms. The number of nitrogens with one attached hydrogen (secondary N) is 3. The molecule has 0 saturated heterocycles. The molecule has 0 heterocycles. The van der Waals surface area contributed by atoms with E-state index in [1.165, 1.54) is 19.4 Å². The number of amides is 3. The van der Waals surface area contributed by atoms with Gasteiger partial charge in [0, 0.05) is 11.3 Å². The Balaban J connectivity index is 1.64. The molecular formula is C23H20N4O4. The van der Waals surface area contributed by atoms with Gasteiger partial charge in [-0.1, -0.05) is 42.5 Å². The zero-order chi connectivity index (χ0) is 22.1. The number of benzene rings is 3. The Morgan fingerprint density at radius 1 is 0.806 bits per heavy atom. The van der Waals surface area contributed by atoms with Crippen LogP contribution in [0.25, 0.3) is 0 Å². The number of hydrogen-bond donors (Lipinski definition) is 3. The summed E-state index contributed by atoms with van der Waals surface area (Å²) in [6.07, 6.45) is 1.37. The summed E-state index contributed by atoms with van der Waals surface area (Å²) in [6.45, 7) is 0. The van der Waals surface area contributed by atoms with Crippen molar-refractivity contribution in [1.29, 1.82) is 0 Å². The lowest BCUT2D eigenvalue weighted by atomic mass is 10.1. The maximum absolute atomic E-state index is 12.6. The monoisotopic (exact) mass is 416 g/mol. The van der Waals surface area contributed by atoms with Gasteiger partial charge in [-0.25, -0.2) is 5.43 Å². The first-order valence-electron chi connectivity index (χ1n) is 9.31. The van der Waals surface area contributed by atoms with E-state index in [0.29, 0.717) is 17.0 Å². The molecule has 3 aromatic rings. The highest BCUT2D eigenvalue weighted by Gasteiger charge is 2.17. The smallest absolute Gasteiger partial charge is 0.329 e. The summed E-state index contributed by atoms with van der Waals surface area (Å²) in [5.41, 5.74) is 3.81. The summed E-state index contributed by atoms with van der Waals surface area (Å²) in [5, 5.41) is 8.96. The minimum atomic E-state index is -0.982. The quantitative estimate of drug-likeness (QED) is 0.326. The standard InChI is InChI=1S/C23H20N4O4/c1-31-20-14-8-5-9-16(20)15-24-27-23(30)22(29)26-19-13-7-6-12-18(19)21(28)25-17-10-3-2-4-11-17/h2-15H,1H3,(H,25,28)(H,26,29)(H,27,30)/b24-15-. The van der Waals surface area contributed by atoms with Crippen LogP contribution in [0.5, 0.6) is 5.75 Å². The summed E-state index contributed by atoms with van der Waals surface area (Å²) in [7, 11) is 1.52. The maximum Gasteiger partial charge on any atom is 0.329 e. The van der Waals surface area contributed by atoms with Crippen molar-refractivity contribution in [3.63, 3.8) is 0 Å². The van der Waals surface area contributed by atoms with Crippen LogP contribution in [0.3, 0.4) is 0 Å². The average molecular weight is 416 g/mol. The van der Waals surface area contributed by atoms with E-state index in [1.54, 1.807) is 66.7 Å². The second-order valence-corrected chi connectivity index (χ2v) is 6.26. The maximum atomic E-state index is 12.6. The number of ether oxygens (including phenoxy) is 1. The van der Waals surface area contributed by atoms with Gasteiger partial charge in [-0.3, -0.25) is 14.4 Å². The van der Waals surface area contributed by atoms with Crippen molar-refractivity contribution in [1.82, 2.24) is 5.43 Å². The molecule has 3 N–H and O–H groups in total. The van der Waals surface area contributed by atoms with Crippen LogP contribution in [0.2, 0.25) is 0 Å². The summed E-state index contributed by atoms with van der Waals surface area (Å²) < 4.78 is 5.19. The van der Waals surface area contributed by atoms with Crippen LogP contribution in [0.15, 0.2) is 84.0 Å². The van der Waals surface area contributed by atoms with Crippen molar-refractivity contribution in [2.75, 3.05) is 17.7 Å². The van der Waals surface area contributed by atoms with Gasteiger partial charge in [0.2, 0.25) is 0 Å². The number of anilines is 2. The van der Waals surface area contributed by atoms with E-state index in [4.69, 9.17) is 4.74 Å². The third-order valence-electron chi connectivity index (χ3n) is 4.17. The number of nitrogens with zero attached hydrogens (tertiary/aromatic N) is 1. The number of hydrazone groups is 1. The van der Waals surface area contributed by atoms with Gasteiger partial charge in [0.25, 0.3) is 5.91 Å². The van der Waals surface area contributed by atoms with Crippen LogP contribution in [0.1, 0.15) is 15.9 Å². The van der Waals surface area contributed by atoms with Crippen molar-refractivity contribution >= 4 is 35.3 Å². The molecule has 156 valence electrons. The zero-order valence-electron chi connectivity index (χ0n) is 16.7. The molecule has 0 aliphatic heterocycles. The van der Waals surface area contributed by atoms with Gasteiger partial charge in [0.05, 0.1) is 24.6 Å². The van der Waals surface area contributed by atoms with Crippen molar-refractivity contribution < 1.29 is 19.1 Å². The van der Waals surface area contributed by atoms with E-state index in [0.717, 1.165) is 0 Å². The summed E-state index contributed by atoms with van der Waals surface area (Å²) in [5.74, 6) is -1.79. The average Bonchev–Trinajstić information content (AvgIpc) is 2.80. The van der Waals surface area contributed by atoms with Gasteiger partial charge in [-0.15, -0.1) is 0 Å². The van der Waals surface area contributed by atoms with Gasteiger partial charge in [-0.2, -0.15) is 5.10 Å². The van der Waals surface area contributed by atoms with Crippen LogP contribution in [-0.2, 0) is 9.59 Å². The van der Waals surface area contributed by atoms with Crippen LogP contribution >= 0.6 is 0 Å². The van der Waals surface area contributed by atoms with E-state index in [-0.39, 0.29) is 11.3 Å². The molecule has 0 radical (unpaired) electrons. The highest BCUT2D eigenvalue weighted by atomic mass is 16.5. The first-order valence-corrected chi connectivity index (χ1v) is 9.31. The second-order valence-electron chi connectivity index (χ2n) is 6.26. The molecule has 3 amide bonds. The summed E-state index contributed by atoms with van der Waals surface area (Å²) in [6, 6.07) is 22.4. The zero-order valence-corrected chi connectivity index (χ0v) is 16.7. The van der Waals surface area contributed by atoms with Gasteiger partial charge >= 0.3 is 11.8 Å². The van der Waals surface area contributed by atoms with Crippen molar-refractivity contribution in [2.24, 2.45) is 5.10 Å². The van der Waals surface area contributed by atoms with Crippen molar-refractivity contribution in [3.05, 3.63) is 90.0 Å². The fraction of sp³-hybridized carbons (Fsp3) is 0.0435. The van der Waals surface area contributed by atoms with Crippen LogP contribution in [0, 0.1) is 0 Å². The molecule has 0 unspecified atom stereocenters. The Bertz CT molecular complexity index is 1110. The largest absolute Gasteiger partial charge is 0.496 e. The van der Waals surface area contributed by atoms with Crippen LogP contribution < -0.4 is 20.8 Å². The lowest BCUT2D eigenvalue weighted by Gasteiger charge is -2.11. The molecule has 3 rings (SSSR count). The molecule has 0 atom stereocenters. The Kier molecular flexibility index (Phi) is 7.10. The van der Waals surface area contributed by atoms with Gasteiger partial charge in [0.1, 0.15) is 5.75 Å². The fourth-order valence-corrected chi connectivity index (χ4v) is 2.67. The third kappa shape index (κ3) is 5.77. The predicted octanol–water partition coefficient (Wildman–Crippen LogP) is 3.04. The molecule has 8 heteroatoms. The molecular weight excluding hydrogens is 396 g/mol. The van der Waals surface area contributed by atoms with E-state index in [1.807, 2.05) is 6.07 Å². The lowest BCUT2D eigenvalue weighted by Crippen LogP contribution is -2.33. The Hall–Kier alpha value is -4.46. The molecule has 0 bridgehead atoms. The lowest BCUT2D eigenvalue weighted by molar-refractivity contribution is -0.136. The Morgan fingerprint density at radius 2 is 1.48 bits per heavy atom. The van der Waals surface area contributed by atoms with Crippen LogP contribution in [-0.4, -0.2) is 31.0 Å². The molecule has 0 aliphatic rings. The molecule has 0 aliphatic carbocycles. The van der Waals surface area contributed by atoms with Crippen molar-refractivity contribution in [2.45, 2.75) is 0 Å². The molecule has 3 aromatic carbocycles. The second kappa shape index (κ2) is 10.4. The normalized spacial score (nSPS) is 10.4.